The smallest absolute Gasteiger partial charge is 0.255 e. The Balaban J connectivity index is 2.27. The van der Waals surface area contributed by atoms with Gasteiger partial charge in [-0.2, -0.15) is 0 Å². The summed E-state index contributed by atoms with van der Waals surface area (Å²) < 4.78 is 1.49. The van der Waals surface area contributed by atoms with Crippen LogP contribution in [0.15, 0.2) is 53.5 Å². The second-order valence-electron chi connectivity index (χ2n) is 5.12. The monoisotopic (exact) mass is 284 g/mol. The summed E-state index contributed by atoms with van der Waals surface area (Å²) in [7, 11) is 0. The van der Waals surface area contributed by atoms with Gasteiger partial charge < -0.3 is 5.32 Å². The molecule has 0 aliphatic carbocycles. The summed E-state index contributed by atoms with van der Waals surface area (Å²) in [5, 5.41) is 2.94. The summed E-state index contributed by atoms with van der Waals surface area (Å²) in [6, 6.07) is 12.4. The van der Waals surface area contributed by atoms with Gasteiger partial charge in [0.1, 0.15) is 0 Å². The van der Waals surface area contributed by atoms with Crippen LogP contribution in [0.1, 0.15) is 37.0 Å². The third-order valence-electron chi connectivity index (χ3n) is 3.31. The summed E-state index contributed by atoms with van der Waals surface area (Å²) in [5.41, 5.74) is 1.08. The minimum Gasteiger partial charge on any atom is -0.350 e. The Morgan fingerprint density at radius 1 is 1.19 bits per heavy atom. The van der Waals surface area contributed by atoms with Gasteiger partial charge in [-0.3, -0.25) is 14.2 Å². The molecule has 21 heavy (non-hydrogen) atoms. The van der Waals surface area contributed by atoms with Crippen LogP contribution in [-0.2, 0) is 0 Å². The Hall–Kier alpha value is -2.36. The van der Waals surface area contributed by atoms with E-state index in [0.29, 0.717) is 5.56 Å². The highest BCUT2D eigenvalue weighted by molar-refractivity contribution is 5.94. The zero-order valence-corrected chi connectivity index (χ0v) is 12.4. The zero-order chi connectivity index (χ0) is 15.2. The van der Waals surface area contributed by atoms with Crippen molar-refractivity contribution in [3.05, 3.63) is 64.6 Å². The first kappa shape index (κ1) is 15.0. The molecule has 2 aromatic rings. The second kappa shape index (κ2) is 6.88. The van der Waals surface area contributed by atoms with Crippen LogP contribution in [0.2, 0.25) is 0 Å². The maximum atomic E-state index is 12.2. The number of nitrogens with zero attached hydrogens (tertiary/aromatic N) is 1. The molecule has 1 heterocycles. The third kappa shape index (κ3) is 3.81. The maximum absolute atomic E-state index is 12.2. The highest BCUT2D eigenvalue weighted by Gasteiger charge is 2.11. The van der Waals surface area contributed by atoms with Crippen LogP contribution in [0, 0.1) is 0 Å². The van der Waals surface area contributed by atoms with E-state index in [4.69, 9.17) is 0 Å². The normalized spacial score (nSPS) is 11.9. The third-order valence-corrected chi connectivity index (χ3v) is 3.31. The lowest BCUT2D eigenvalue weighted by Crippen LogP contribution is -2.33. The number of nitrogens with one attached hydrogen (secondary N) is 1. The first-order valence-corrected chi connectivity index (χ1v) is 7.21. The van der Waals surface area contributed by atoms with Crippen LogP contribution < -0.4 is 10.9 Å². The molecule has 0 aliphatic heterocycles. The highest BCUT2D eigenvalue weighted by atomic mass is 16.2. The number of amides is 1. The van der Waals surface area contributed by atoms with E-state index in [1.165, 1.54) is 10.6 Å². The molecule has 1 amide bonds. The van der Waals surface area contributed by atoms with E-state index in [0.717, 1.165) is 18.5 Å². The fourth-order valence-electron chi connectivity index (χ4n) is 2.22. The highest BCUT2D eigenvalue weighted by Crippen LogP contribution is 2.06. The molecular formula is C17H20N2O2. The van der Waals surface area contributed by atoms with Crippen molar-refractivity contribution in [1.82, 2.24) is 9.88 Å². The molecule has 1 atom stereocenters. The predicted octanol–water partition coefficient (Wildman–Crippen LogP) is 2.76. The molecule has 2 rings (SSSR count). The molecule has 0 bridgehead atoms. The fraction of sp³-hybridized carbons (Fsp3) is 0.294. The van der Waals surface area contributed by atoms with Gasteiger partial charge in [0.2, 0.25) is 0 Å². The van der Waals surface area contributed by atoms with Gasteiger partial charge in [-0.15, -0.1) is 0 Å². The summed E-state index contributed by atoms with van der Waals surface area (Å²) in [5.74, 6) is -0.152. The van der Waals surface area contributed by atoms with Gasteiger partial charge in [-0.1, -0.05) is 31.5 Å². The van der Waals surface area contributed by atoms with E-state index in [2.05, 4.69) is 12.2 Å². The first-order chi connectivity index (χ1) is 10.1. The number of rotatable bonds is 5. The molecule has 1 unspecified atom stereocenters. The van der Waals surface area contributed by atoms with E-state index in [1.54, 1.807) is 12.3 Å². The number of hydrogen-bond acceptors (Lipinski definition) is 2. The van der Waals surface area contributed by atoms with Gasteiger partial charge >= 0.3 is 0 Å². The van der Waals surface area contributed by atoms with E-state index in [-0.39, 0.29) is 17.5 Å². The summed E-state index contributed by atoms with van der Waals surface area (Å²) in [6.07, 6.45) is 3.54. The SMILES string of the molecule is CCCC(C)NC(=O)c1ccc(=O)n(-c2ccccc2)c1. The lowest BCUT2D eigenvalue weighted by atomic mass is 10.1. The van der Waals surface area contributed by atoms with Crippen LogP contribution in [0.3, 0.4) is 0 Å². The first-order valence-electron chi connectivity index (χ1n) is 7.21. The molecule has 1 aromatic heterocycles. The molecule has 110 valence electrons. The Morgan fingerprint density at radius 3 is 2.57 bits per heavy atom. The molecule has 4 heteroatoms. The van der Waals surface area contributed by atoms with Crippen LogP contribution >= 0.6 is 0 Å². The minimum absolute atomic E-state index is 0.125. The van der Waals surface area contributed by atoms with Gasteiger partial charge in [-0.25, -0.2) is 0 Å². The lowest BCUT2D eigenvalue weighted by Gasteiger charge is -2.13. The average molecular weight is 284 g/mol. The van der Waals surface area contributed by atoms with Crippen molar-refractivity contribution < 1.29 is 4.79 Å². The van der Waals surface area contributed by atoms with Crippen molar-refractivity contribution in [1.29, 1.82) is 0 Å². The molecule has 0 radical (unpaired) electrons. The summed E-state index contributed by atoms with van der Waals surface area (Å²) in [6.45, 7) is 4.06. The average Bonchev–Trinajstić information content (AvgIpc) is 2.48. The van der Waals surface area contributed by atoms with E-state index >= 15 is 0 Å². The number of benzene rings is 1. The van der Waals surface area contributed by atoms with Crippen molar-refractivity contribution in [2.75, 3.05) is 0 Å². The van der Waals surface area contributed by atoms with Gasteiger partial charge in [-0.05, 0) is 31.5 Å². The van der Waals surface area contributed by atoms with Gasteiger partial charge in [0.05, 0.1) is 5.56 Å². The standard InChI is InChI=1S/C17H20N2O2/c1-3-7-13(2)18-17(21)14-10-11-16(20)19(12-14)15-8-5-4-6-9-15/h4-6,8-13H,3,7H2,1-2H3,(H,18,21). The topological polar surface area (TPSA) is 51.1 Å². The molecule has 4 nitrogen and oxygen atoms in total. The number of aromatic nitrogens is 1. The predicted molar refractivity (Wildman–Crippen MR) is 83.9 cm³/mol. The maximum Gasteiger partial charge on any atom is 0.255 e. The Kier molecular flexibility index (Phi) is 4.93. The van der Waals surface area contributed by atoms with Crippen molar-refractivity contribution in [2.24, 2.45) is 0 Å². The van der Waals surface area contributed by atoms with Gasteiger partial charge in [0.25, 0.3) is 11.5 Å². The molecule has 0 saturated carbocycles. The fourth-order valence-corrected chi connectivity index (χ4v) is 2.22. The molecule has 0 spiro atoms. The summed E-state index contributed by atoms with van der Waals surface area (Å²) >= 11 is 0. The van der Waals surface area contributed by atoms with Gasteiger partial charge in [0, 0.05) is 24.0 Å². The molecule has 0 fully saturated rings. The number of para-hydroxylation sites is 1. The number of carbonyl (C=O) groups excluding carboxylic acids is 1. The van der Waals surface area contributed by atoms with E-state index in [9.17, 15) is 9.59 Å². The van der Waals surface area contributed by atoms with Crippen LogP contribution in [0.4, 0.5) is 0 Å². The van der Waals surface area contributed by atoms with Gasteiger partial charge in [0.15, 0.2) is 0 Å². The number of hydrogen-bond donors (Lipinski definition) is 1. The van der Waals surface area contributed by atoms with Crippen molar-refractivity contribution in [3.8, 4) is 5.69 Å². The molecule has 0 aliphatic rings. The van der Waals surface area contributed by atoms with Crippen LogP contribution in [0.25, 0.3) is 5.69 Å². The van der Waals surface area contributed by atoms with Crippen LogP contribution in [-0.4, -0.2) is 16.5 Å². The number of carbonyl (C=O) groups is 1. The number of pyridine rings is 1. The summed E-state index contributed by atoms with van der Waals surface area (Å²) in [4.78, 5) is 24.1. The van der Waals surface area contributed by atoms with Crippen molar-refractivity contribution >= 4 is 5.91 Å². The molecule has 0 saturated heterocycles. The Morgan fingerprint density at radius 2 is 1.90 bits per heavy atom. The second-order valence-corrected chi connectivity index (χ2v) is 5.12. The van der Waals surface area contributed by atoms with E-state index < -0.39 is 0 Å². The minimum atomic E-state index is -0.153. The molecular weight excluding hydrogens is 264 g/mol. The van der Waals surface area contributed by atoms with Crippen molar-refractivity contribution in [3.63, 3.8) is 0 Å². The zero-order valence-electron chi connectivity index (χ0n) is 12.4. The van der Waals surface area contributed by atoms with E-state index in [1.807, 2.05) is 37.3 Å². The molecule has 1 aromatic carbocycles. The largest absolute Gasteiger partial charge is 0.350 e. The Labute approximate surface area is 124 Å². The lowest BCUT2D eigenvalue weighted by molar-refractivity contribution is 0.0937. The van der Waals surface area contributed by atoms with Crippen molar-refractivity contribution in [2.45, 2.75) is 32.7 Å². The quantitative estimate of drug-likeness (QED) is 0.918. The van der Waals surface area contributed by atoms with Crippen LogP contribution in [0.5, 0.6) is 0 Å². The molecule has 1 N–H and O–H groups in total. The Bertz CT molecular complexity index is 662.